The van der Waals surface area contributed by atoms with Gasteiger partial charge in [0.15, 0.2) is 0 Å². The van der Waals surface area contributed by atoms with Crippen LogP contribution in [0.25, 0.3) is 0 Å². The molecule has 0 saturated heterocycles. The zero-order valence-corrected chi connectivity index (χ0v) is 8.14. The van der Waals surface area contributed by atoms with Gasteiger partial charge in [0.05, 0.1) is 0 Å². The SMILES string of the molecule is CCC1CCCC(N(C)C)C1. The Morgan fingerprint density at radius 3 is 2.55 bits per heavy atom. The molecule has 1 aliphatic carbocycles. The van der Waals surface area contributed by atoms with Crippen molar-refractivity contribution in [2.24, 2.45) is 5.92 Å². The van der Waals surface area contributed by atoms with E-state index in [2.05, 4.69) is 25.9 Å². The predicted molar refractivity (Wildman–Crippen MR) is 49.7 cm³/mol. The highest BCUT2D eigenvalue weighted by atomic mass is 15.1. The van der Waals surface area contributed by atoms with Gasteiger partial charge in [0.2, 0.25) is 0 Å². The Kier molecular flexibility index (Phi) is 3.38. The molecule has 11 heavy (non-hydrogen) atoms. The first-order valence-electron chi connectivity index (χ1n) is 4.90. The first-order chi connectivity index (χ1) is 5.24. The van der Waals surface area contributed by atoms with E-state index >= 15 is 0 Å². The molecule has 0 aromatic carbocycles. The fourth-order valence-corrected chi connectivity index (χ4v) is 2.10. The Balaban J connectivity index is 2.33. The molecule has 1 rings (SSSR count). The molecule has 0 N–H and O–H groups in total. The minimum Gasteiger partial charge on any atom is -0.306 e. The average molecular weight is 155 g/mol. The number of hydrogen-bond acceptors (Lipinski definition) is 1. The lowest BCUT2D eigenvalue weighted by molar-refractivity contribution is 0.183. The highest BCUT2D eigenvalue weighted by molar-refractivity contribution is 4.76. The van der Waals surface area contributed by atoms with Gasteiger partial charge in [0.1, 0.15) is 0 Å². The molecule has 2 atom stereocenters. The molecular formula is C10H21N. The van der Waals surface area contributed by atoms with Crippen LogP contribution in [0.4, 0.5) is 0 Å². The average Bonchev–Trinajstić information content (AvgIpc) is 2.05. The first kappa shape index (κ1) is 9.05. The second kappa shape index (κ2) is 4.10. The van der Waals surface area contributed by atoms with Gasteiger partial charge < -0.3 is 4.90 Å². The summed E-state index contributed by atoms with van der Waals surface area (Å²) < 4.78 is 0. The van der Waals surface area contributed by atoms with Crippen LogP contribution in [0.1, 0.15) is 39.0 Å². The normalized spacial score (nSPS) is 32.7. The Morgan fingerprint density at radius 1 is 1.27 bits per heavy atom. The standard InChI is InChI=1S/C10H21N/c1-4-9-6-5-7-10(8-9)11(2)3/h9-10H,4-8H2,1-3H3. The molecule has 0 radical (unpaired) electrons. The molecule has 1 heteroatoms. The largest absolute Gasteiger partial charge is 0.306 e. The fraction of sp³-hybridized carbons (Fsp3) is 1.00. The van der Waals surface area contributed by atoms with Crippen LogP contribution < -0.4 is 0 Å². The maximum Gasteiger partial charge on any atom is 0.00918 e. The molecule has 0 spiro atoms. The van der Waals surface area contributed by atoms with Gasteiger partial charge in [-0.1, -0.05) is 26.2 Å². The van der Waals surface area contributed by atoms with Gasteiger partial charge in [0.25, 0.3) is 0 Å². The molecular weight excluding hydrogens is 134 g/mol. The van der Waals surface area contributed by atoms with Crippen LogP contribution in [0, 0.1) is 5.92 Å². The minimum atomic E-state index is 0.869. The van der Waals surface area contributed by atoms with Gasteiger partial charge in [-0.3, -0.25) is 0 Å². The molecule has 66 valence electrons. The highest BCUT2D eigenvalue weighted by Gasteiger charge is 2.21. The van der Waals surface area contributed by atoms with E-state index < -0.39 is 0 Å². The quantitative estimate of drug-likeness (QED) is 0.592. The van der Waals surface area contributed by atoms with Crippen LogP contribution in [0.3, 0.4) is 0 Å². The molecule has 2 unspecified atom stereocenters. The molecule has 1 fully saturated rings. The zero-order valence-electron chi connectivity index (χ0n) is 8.14. The van der Waals surface area contributed by atoms with Gasteiger partial charge in [-0.05, 0) is 32.9 Å². The minimum absolute atomic E-state index is 0.869. The molecule has 0 heterocycles. The van der Waals surface area contributed by atoms with Crippen molar-refractivity contribution in [2.45, 2.75) is 45.1 Å². The van der Waals surface area contributed by atoms with E-state index in [1.54, 1.807) is 0 Å². The van der Waals surface area contributed by atoms with Crippen molar-refractivity contribution >= 4 is 0 Å². The summed E-state index contributed by atoms with van der Waals surface area (Å²) in [5.74, 6) is 1.01. The predicted octanol–water partition coefficient (Wildman–Crippen LogP) is 2.52. The van der Waals surface area contributed by atoms with Crippen molar-refractivity contribution in [3.63, 3.8) is 0 Å². The lowest BCUT2D eigenvalue weighted by Gasteiger charge is -2.32. The number of nitrogens with zero attached hydrogens (tertiary/aromatic N) is 1. The summed E-state index contributed by atoms with van der Waals surface area (Å²) in [6.07, 6.45) is 7.15. The molecule has 0 aromatic heterocycles. The third-order valence-electron chi connectivity index (χ3n) is 3.06. The van der Waals surface area contributed by atoms with Crippen molar-refractivity contribution < 1.29 is 0 Å². The molecule has 0 aromatic rings. The van der Waals surface area contributed by atoms with E-state index in [0.29, 0.717) is 0 Å². The van der Waals surface area contributed by atoms with Gasteiger partial charge >= 0.3 is 0 Å². The van der Waals surface area contributed by atoms with E-state index in [-0.39, 0.29) is 0 Å². The number of rotatable bonds is 2. The van der Waals surface area contributed by atoms with Crippen molar-refractivity contribution in [3.05, 3.63) is 0 Å². The summed E-state index contributed by atoms with van der Waals surface area (Å²) in [6, 6.07) is 0.869. The Labute approximate surface area is 70.8 Å². The lowest BCUT2D eigenvalue weighted by Crippen LogP contribution is -2.32. The summed E-state index contributed by atoms with van der Waals surface area (Å²) in [6.45, 7) is 2.32. The number of hydrogen-bond donors (Lipinski definition) is 0. The summed E-state index contributed by atoms with van der Waals surface area (Å²) >= 11 is 0. The fourth-order valence-electron chi connectivity index (χ4n) is 2.10. The zero-order chi connectivity index (χ0) is 8.27. The maximum absolute atomic E-state index is 2.39. The van der Waals surface area contributed by atoms with E-state index in [0.717, 1.165) is 12.0 Å². The van der Waals surface area contributed by atoms with Gasteiger partial charge in [-0.2, -0.15) is 0 Å². The summed E-state index contributed by atoms with van der Waals surface area (Å²) in [7, 11) is 4.42. The summed E-state index contributed by atoms with van der Waals surface area (Å²) in [5.41, 5.74) is 0. The van der Waals surface area contributed by atoms with Crippen molar-refractivity contribution in [1.29, 1.82) is 0 Å². The Hall–Kier alpha value is -0.0400. The van der Waals surface area contributed by atoms with E-state index in [1.165, 1.54) is 32.1 Å². The third kappa shape index (κ3) is 2.48. The van der Waals surface area contributed by atoms with Crippen LogP contribution in [0.5, 0.6) is 0 Å². The van der Waals surface area contributed by atoms with Crippen LogP contribution >= 0.6 is 0 Å². The van der Waals surface area contributed by atoms with Crippen molar-refractivity contribution in [1.82, 2.24) is 4.90 Å². The lowest BCUT2D eigenvalue weighted by atomic mass is 9.84. The monoisotopic (exact) mass is 155 g/mol. The van der Waals surface area contributed by atoms with Crippen molar-refractivity contribution in [3.8, 4) is 0 Å². The molecule has 0 aliphatic heterocycles. The topological polar surface area (TPSA) is 3.24 Å². The Morgan fingerprint density at radius 2 is 2.00 bits per heavy atom. The second-order valence-corrected chi connectivity index (χ2v) is 4.06. The molecule has 1 saturated carbocycles. The van der Waals surface area contributed by atoms with Gasteiger partial charge in [-0.15, -0.1) is 0 Å². The maximum atomic E-state index is 2.39. The van der Waals surface area contributed by atoms with E-state index in [4.69, 9.17) is 0 Å². The van der Waals surface area contributed by atoms with E-state index in [9.17, 15) is 0 Å². The Bertz CT molecular complexity index is 109. The molecule has 0 amide bonds. The van der Waals surface area contributed by atoms with Crippen LogP contribution in [-0.4, -0.2) is 25.0 Å². The van der Waals surface area contributed by atoms with Crippen LogP contribution in [0.2, 0.25) is 0 Å². The molecule has 1 aliphatic rings. The smallest absolute Gasteiger partial charge is 0.00918 e. The summed E-state index contributed by atoms with van der Waals surface area (Å²) in [4.78, 5) is 2.39. The third-order valence-corrected chi connectivity index (χ3v) is 3.06. The molecule has 1 nitrogen and oxygen atoms in total. The summed E-state index contributed by atoms with van der Waals surface area (Å²) in [5, 5.41) is 0. The van der Waals surface area contributed by atoms with E-state index in [1.807, 2.05) is 0 Å². The van der Waals surface area contributed by atoms with Crippen molar-refractivity contribution in [2.75, 3.05) is 14.1 Å². The van der Waals surface area contributed by atoms with Crippen LogP contribution in [-0.2, 0) is 0 Å². The van der Waals surface area contributed by atoms with Gasteiger partial charge in [-0.25, -0.2) is 0 Å². The highest BCUT2D eigenvalue weighted by Crippen LogP contribution is 2.28. The second-order valence-electron chi connectivity index (χ2n) is 4.06. The first-order valence-corrected chi connectivity index (χ1v) is 4.90. The van der Waals surface area contributed by atoms with Gasteiger partial charge in [0, 0.05) is 6.04 Å². The molecule has 0 bridgehead atoms. The van der Waals surface area contributed by atoms with Crippen LogP contribution in [0.15, 0.2) is 0 Å².